The van der Waals surface area contributed by atoms with E-state index >= 15 is 0 Å². The van der Waals surface area contributed by atoms with Crippen LogP contribution < -0.4 is 5.32 Å². The van der Waals surface area contributed by atoms with Crippen LogP contribution in [-0.2, 0) is 0 Å². The molecule has 0 amide bonds. The van der Waals surface area contributed by atoms with Crippen molar-refractivity contribution >= 4 is 23.0 Å². The molecule has 0 fully saturated rings. The Bertz CT molecular complexity index is 486. The number of nitrogens with one attached hydrogen (secondary N) is 1. The minimum absolute atomic E-state index is 0.127. The first-order chi connectivity index (χ1) is 8.56. The summed E-state index contributed by atoms with van der Waals surface area (Å²) < 4.78 is 13.2. The average molecular weight is 271 g/mol. The summed E-state index contributed by atoms with van der Waals surface area (Å²) >= 11 is 5.50. The molecule has 6 heteroatoms. The van der Waals surface area contributed by atoms with Crippen LogP contribution in [0.5, 0.6) is 0 Å². The zero-order valence-electron chi connectivity index (χ0n) is 9.58. The number of nitro benzene ring substituents is 1. The molecule has 0 saturated carbocycles. The smallest absolute Gasteiger partial charge is 0.294 e. The third kappa shape index (κ3) is 3.90. The third-order valence-corrected chi connectivity index (χ3v) is 2.59. The van der Waals surface area contributed by atoms with Crippen molar-refractivity contribution in [2.45, 2.75) is 19.3 Å². The SMILES string of the molecule is C#CCCCCNc1cc(F)c(Cl)cc1[N+](=O)[O-]. The molecule has 0 atom stereocenters. The molecule has 1 aromatic rings. The minimum Gasteiger partial charge on any atom is -0.379 e. The van der Waals surface area contributed by atoms with Gasteiger partial charge in [0.1, 0.15) is 11.5 Å². The molecule has 1 N–H and O–H groups in total. The van der Waals surface area contributed by atoms with E-state index in [1.54, 1.807) is 0 Å². The van der Waals surface area contributed by atoms with E-state index in [-0.39, 0.29) is 16.4 Å². The zero-order chi connectivity index (χ0) is 13.5. The number of rotatable bonds is 6. The molecular formula is C12H12ClFN2O2. The first-order valence-electron chi connectivity index (χ1n) is 5.37. The number of terminal acetylenes is 1. The Morgan fingerprint density at radius 2 is 2.22 bits per heavy atom. The largest absolute Gasteiger partial charge is 0.379 e. The fraction of sp³-hybridized carbons (Fsp3) is 0.333. The maximum Gasteiger partial charge on any atom is 0.294 e. The molecule has 0 saturated heterocycles. The maximum atomic E-state index is 13.2. The summed E-state index contributed by atoms with van der Waals surface area (Å²) in [5, 5.41) is 13.3. The maximum absolute atomic E-state index is 13.2. The van der Waals surface area contributed by atoms with E-state index in [0.29, 0.717) is 13.0 Å². The number of benzene rings is 1. The number of unbranched alkanes of at least 4 members (excludes halogenated alkanes) is 2. The molecule has 0 radical (unpaired) electrons. The molecule has 18 heavy (non-hydrogen) atoms. The molecule has 4 nitrogen and oxygen atoms in total. The number of nitro groups is 1. The van der Waals surface area contributed by atoms with E-state index in [1.165, 1.54) is 0 Å². The molecule has 0 aromatic heterocycles. The fourth-order valence-electron chi connectivity index (χ4n) is 1.40. The topological polar surface area (TPSA) is 55.2 Å². The predicted octanol–water partition coefficient (Wildman–Crippen LogP) is 3.60. The van der Waals surface area contributed by atoms with Crippen LogP contribution >= 0.6 is 11.6 Å². The Hall–Kier alpha value is -1.80. The molecular weight excluding hydrogens is 259 g/mol. The molecule has 0 spiro atoms. The van der Waals surface area contributed by atoms with Crippen LogP contribution in [-0.4, -0.2) is 11.5 Å². The summed E-state index contributed by atoms with van der Waals surface area (Å²) in [6.07, 6.45) is 7.32. The lowest BCUT2D eigenvalue weighted by Gasteiger charge is -2.07. The normalized spacial score (nSPS) is 9.83. The Morgan fingerprint density at radius 1 is 1.50 bits per heavy atom. The lowest BCUT2D eigenvalue weighted by atomic mass is 10.2. The van der Waals surface area contributed by atoms with Crippen molar-refractivity contribution in [3.05, 3.63) is 33.1 Å². The highest BCUT2D eigenvalue weighted by Crippen LogP contribution is 2.30. The van der Waals surface area contributed by atoms with E-state index in [4.69, 9.17) is 18.0 Å². The molecule has 1 aromatic carbocycles. The highest BCUT2D eigenvalue weighted by molar-refractivity contribution is 6.31. The second-order valence-corrected chi connectivity index (χ2v) is 4.04. The summed E-state index contributed by atoms with van der Waals surface area (Å²) in [6.45, 7) is 0.490. The summed E-state index contributed by atoms with van der Waals surface area (Å²) in [4.78, 5) is 10.2. The molecule has 0 aliphatic heterocycles. The van der Waals surface area contributed by atoms with E-state index < -0.39 is 10.7 Å². The number of hydrogen-bond acceptors (Lipinski definition) is 3. The van der Waals surface area contributed by atoms with Crippen LogP contribution in [0, 0.1) is 28.3 Å². The minimum atomic E-state index is -0.687. The van der Waals surface area contributed by atoms with Crippen molar-refractivity contribution in [1.82, 2.24) is 0 Å². The van der Waals surface area contributed by atoms with Crippen LogP contribution in [0.1, 0.15) is 19.3 Å². The van der Waals surface area contributed by atoms with Crippen molar-refractivity contribution in [3.63, 3.8) is 0 Å². The Balaban J connectivity index is 2.72. The molecule has 0 unspecified atom stereocenters. The van der Waals surface area contributed by atoms with Gasteiger partial charge in [-0.2, -0.15) is 0 Å². The van der Waals surface area contributed by atoms with Crippen molar-refractivity contribution < 1.29 is 9.31 Å². The second kappa shape index (κ2) is 6.82. The standard InChI is InChI=1S/C12H12ClFN2O2/c1-2-3-4-5-6-15-11-8-10(14)9(13)7-12(11)16(17)18/h1,7-8,15H,3-6H2. The molecule has 0 heterocycles. The van der Waals surface area contributed by atoms with Crippen LogP contribution in [0.15, 0.2) is 12.1 Å². The van der Waals surface area contributed by atoms with Crippen LogP contribution in [0.3, 0.4) is 0 Å². The van der Waals surface area contributed by atoms with Crippen LogP contribution in [0.25, 0.3) is 0 Å². The second-order valence-electron chi connectivity index (χ2n) is 3.63. The van der Waals surface area contributed by atoms with Gasteiger partial charge in [0.25, 0.3) is 5.69 Å². The van der Waals surface area contributed by atoms with E-state index in [0.717, 1.165) is 25.0 Å². The Labute approximate surface area is 109 Å². The molecule has 0 aliphatic rings. The first kappa shape index (κ1) is 14.3. The van der Waals surface area contributed by atoms with E-state index in [1.807, 2.05) is 0 Å². The first-order valence-corrected chi connectivity index (χ1v) is 5.75. The van der Waals surface area contributed by atoms with Gasteiger partial charge < -0.3 is 5.32 Å². The number of halogens is 2. The van der Waals surface area contributed by atoms with Crippen molar-refractivity contribution in [2.75, 3.05) is 11.9 Å². The Kier molecular flexibility index (Phi) is 5.40. The summed E-state index contributed by atoms with van der Waals surface area (Å²) in [6, 6.07) is 2.03. The summed E-state index contributed by atoms with van der Waals surface area (Å²) in [7, 11) is 0. The number of nitrogens with zero attached hydrogens (tertiary/aromatic N) is 1. The molecule has 1 rings (SSSR count). The third-order valence-electron chi connectivity index (χ3n) is 2.30. The molecule has 0 aliphatic carbocycles. The van der Waals surface area contributed by atoms with Crippen LogP contribution in [0.4, 0.5) is 15.8 Å². The highest BCUT2D eigenvalue weighted by atomic mass is 35.5. The van der Waals surface area contributed by atoms with Gasteiger partial charge in [0.15, 0.2) is 0 Å². The van der Waals surface area contributed by atoms with Gasteiger partial charge >= 0.3 is 0 Å². The van der Waals surface area contributed by atoms with Crippen molar-refractivity contribution in [3.8, 4) is 12.3 Å². The zero-order valence-corrected chi connectivity index (χ0v) is 10.3. The lowest BCUT2D eigenvalue weighted by Crippen LogP contribution is -2.05. The van der Waals surface area contributed by atoms with Crippen molar-refractivity contribution in [1.29, 1.82) is 0 Å². The van der Waals surface area contributed by atoms with E-state index in [9.17, 15) is 14.5 Å². The molecule has 96 valence electrons. The highest BCUT2D eigenvalue weighted by Gasteiger charge is 2.17. The van der Waals surface area contributed by atoms with Gasteiger partial charge in [-0.25, -0.2) is 4.39 Å². The summed E-state index contributed by atoms with van der Waals surface area (Å²) in [5.74, 6) is 1.81. The number of anilines is 1. The predicted molar refractivity (Wildman–Crippen MR) is 69.2 cm³/mol. The van der Waals surface area contributed by atoms with E-state index in [2.05, 4.69) is 11.2 Å². The average Bonchev–Trinajstić information content (AvgIpc) is 2.32. The van der Waals surface area contributed by atoms with Gasteiger partial charge in [-0.1, -0.05) is 11.6 Å². The molecule has 0 bridgehead atoms. The van der Waals surface area contributed by atoms with Gasteiger partial charge in [-0.05, 0) is 12.8 Å². The lowest BCUT2D eigenvalue weighted by molar-refractivity contribution is -0.384. The Morgan fingerprint density at radius 3 is 2.83 bits per heavy atom. The fourth-order valence-corrected chi connectivity index (χ4v) is 1.56. The van der Waals surface area contributed by atoms with Gasteiger partial charge in [-0.15, -0.1) is 12.3 Å². The summed E-state index contributed by atoms with van der Waals surface area (Å²) in [5.41, 5.74) is -0.110. The van der Waals surface area contributed by atoms with Gasteiger partial charge in [0, 0.05) is 25.1 Å². The van der Waals surface area contributed by atoms with Gasteiger partial charge in [-0.3, -0.25) is 10.1 Å². The van der Waals surface area contributed by atoms with Gasteiger partial charge in [0.2, 0.25) is 0 Å². The van der Waals surface area contributed by atoms with Crippen molar-refractivity contribution in [2.24, 2.45) is 0 Å². The quantitative estimate of drug-likeness (QED) is 0.372. The number of hydrogen-bond donors (Lipinski definition) is 1. The monoisotopic (exact) mass is 270 g/mol. The van der Waals surface area contributed by atoms with Gasteiger partial charge in [0.05, 0.1) is 9.95 Å². The van der Waals surface area contributed by atoms with Crippen LogP contribution in [0.2, 0.25) is 5.02 Å².